The molecule has 22 heavy (non-hydrogen) atoms. The summed E-state index contributed by atoms with van der Waals surface area (Å²) >= 11 is 0. The van der Waals surface area contributed by atoms with E-state index in [1.165, 1.54) is 69.9 Å². The summed E-state index contributed by atoms with van der Waals surface area (Å²) in [5.74, 6) is 0.897. The van der Waals surface area contributed by atoms with Crippen molar-refractivity contribution in [1.29, 1.82) is 0 Å². The summed E-state index contributed by atoms with van der Waals surface area (Å²) in [4.78, 5) is 7.71. The smallest absolute Gasteiger partial charge is 0.0368 e. The average Bonchev–Trinajstić information content (AvgIpc) is 2.58. The van der Waals surface area contributed by atoms with Crippen LogP contribution in [0.3, 0.4) is 0 Å². The molecular formula is C19H31N3. The summed E-state index contributed by atoms with van der Waals surface area (Å²) in [5, 5.41) is 0. The molecule has 3 nitrogen and oxygen atoms in total. The average molecular weight is 301 g/mol. The van der Waals surface area contributed by atoms with Crippen molar-refractivity contribution in [2.45, 2.75) is 26.2 Å². The minimum absolute atomic E-state index is 0.897. The van der Waals surface area contributed by atoms with Gasteiger partial charge in [-0.3, -0.25) is 0 Å². The van der Waals surface area contributed by atoms with Crippen LogP contribution in [0.1, 0.15) is 25.3 Å². The second kappa shape index (κ2) is 7.47. The molecule has 0 radical (unpaired) electrons. The molecule has 3 heteroatoms. The van der Waals surface area contributed by atoms with Crippen LogP contribution in [0.25, 0.3) is 0 Å². The van der Waals surface area contributed by atoms with E-state index in [1.54, 1.807) is 0 Å². The van der Waals surface area contributed by atoms with E-state index >= 15 is 0 Å². The van der Waals surface area contributed by atoms with Crippen LogP contribution in [0.4, 0.5) is 5.69 Å². The highest BCUT2D eigenvalue weighted by Crippen LogP contribution is 2.25. The van der Waals surface area contributed by atoms with Gasteiger partial charge in [0.05, 0.1) is 0 Å². The molecule has 2 aliphatic heterocycles. The number of aryl methyl sites for hydroxylation is 1. The first-order valence-corrected chi connectivity index (χ1v) is 8.99. The summed E-state index contributed by atoms with van der Waals surface area (Å²) in [6.07, 6.45) is 3.83. The van der Waals surface area contributed by atoms with Crippen LogP contribution in [0.15, 0.2) is 24.3 Å². The van der Waals surface area contributed by atoms with Gasteiger partial charge in [0, 0.05) is 51.5 Å². The Labute approximate surface area is 135 Å². The molecule has 0 unspecified atom stereocenters. The number of anilines is 1. The standard InChI is InChI=1S/C19H31N3/c1-3-17-5-4-6-19(15-17)22-9-7-18(8-10-22)16-21-13-11-20(2)12-14-21/h4-6,15,18H,3,7-14,16H2,1-2H3. The normalized spacial score (nSPS) is 22.2. The maximum absolute atomic E-state index is 2.68. The molecule has 1 aromatic carbocycles. The van der Waals surface area contributed by atoms with Gasteiger partial charge in [0.1, 0.15) is 0 Å². The van der Waals surface area contributed by atoms with Crippen LogP contribution in [0.5, 0.6) is 0 Å². The van der Waals surface area contributed by atoms with Crippen LogP contribution in [-0.2, 0) is 6.42 Å². The van der Waals surface area contributed by atoms with Crippen molar-refractivity contribution >= 4 is 5.69 Å². The fourth-order valence-electron chi connectivity index (χ4n) is 3.74. The Hall–Kier alpha value is -1.06. The zero-order valence-electron chi connectivity index (χ0n) is 14.3. The lowest BCUT2D eigenvalue weighted by atomic mass is 9.95. The van der Waals surface area contributed by atoms with Gasteiger partial charge in [0.2, 0.25) is 0 Å². The van der Waals surface area contributed by atoms with Crippen LogP contribution in [-0.4, -0.2) is 62.7 Å². The number of likely N-dealkylation sites (N-methyl/N-ethyl adjacent to an activating group) is 1. The molecule has 122 valence electrons. The number of hydrogen-bond acceptors (Lipinski definition) is 3. The summed E-state index contributed by atoms with van der Waals surface area (Å²) in [5.41, 5.74) is 2.88. The molecular weight excluding hydrogens is 270 g/mol. The van der Waals surface area contributed by atoms with Crippen molar-refractivity contribution in [3.8, 4) is 0 Å². The Morgan fingerprint density at radius 3 is 2.41 bits per heavy atom. The van der Waals surface area contributed by atoms with Crippen molar-refractivity contribution in [2.24, 2.45) is 5.92 Å². The molecule has 2 aliphatic rings. The molecule has 2 fully saturated rings. The molecule has 0 aliphatic carbocycles. The van der Waals surface area contributed by atoms with Gasteiger partial charge in [-0.1, -0.05) is 19.1 Å². The summed E-state index contributed by atoms with van der Waals surface area (Å²) in [7, 11) is 2.24. The number of benzene rings is 1. The molecule has 0 saturated carbocycles. The topological polar surface area (TPSA) is 9.72 Å². The Morgan fingerprint density at radius 1 is 1.00 bits per heavy atom. The van der Waals surface area contributed by atoms with E-state index in [2.05, 4.69) is 52.9 Å². The van der Waals surface area contributed by atoms with E-state index in [1.807, 2.05) is 0 Å². The highest BCUT2D eigenvalue weighted by atomic mass is 15.2. The van der Waals surface area contributed by atoms with Crippen molar-refractivity contribution in [1.82, 2.24) is 9.80 Å². The number of nitrogens with zero attached hydrogens (tertiary/aromatic N) is 3. The molecule has 0 aromatic heterocycles. The lowest BCUT2D eigenvalue weighted by Crippen LogP contribution is -2.47. The van der Waals surface area contributed by atoms with Crippen molar-refractivity contribution in [2.75, 3.05) is 57.8 Å². The van der Waals surface area contributed by atoms with E-state index in [9.17, 15) is 0 Å². The number of piperazine rings is 1. The lowest BCUT2D eigenvalue weighted by Gasteiger charge is -2.38. The van der Waals surface area contributed by atoms with Crippen LogP contribution in [0, 0.1) is 5.92 Å². The zero-order valence-corrected chi connectivity index (χ0v) is 14.3. The maximum Gasteiger partial charge on any atom is 0.0368 e. The van der Waals surface area contributed by atoms with E-state index in [0.29, 0.717) is 0 Å². The largest absolute Gasteiger partial charge is 0.372 e. The van der Waals surface area contributed by atoms with Gasteiger partial charge >= 0.3 is 0 Å². The quantitative estimate of drug-likeness (QED) is 0.846. The minimum Gasteiger partial charge on any atom is -0.372 e. The van der Waals surface area contributed by atoms with Gasteiger partial charge in [-0.25, -0.2) is 0 Å². The highest BCUT2D eigenvalue weighted by Gasteiger charge is 2.23. The zero-order chi connectivity index (χ0) is 15.4. The third kappa shape index (κ3) is 4.02. The summed E-state index contributed by atoms with van der Waals surface area (Å²) in [6.45, 7) is 11.0. The summed E-state index contributed by atoms with van der Waals surface area (Å²) in [6, 6.07) is 9.11. The fourth-order valence-corrected chi connectivity index (χ4v) is 3.74. The van der Waals surface area contributed by atoms with Crippen LogP contribution >= 0.6 is 0 Å². The van der Waals surface area contributed by atoms with Gasteiger partial charge in [0.15, 0.2) is 0 Å². The molecule has 2 saturated heterocycles. The second-order valence-electron chi connectivity index (χ2n) is 7.06. The first kappa shape index (κ1) is 15.8. The Bertz CT molecular complexity index is 458. The van der Waals surface area contributed by atoms with Crippen molar-refractivity contribution in [3.63, 3.8) is 0 Å². The molecule has 0 spiro atoms. The van der Waals surface area contributed by atoms with Crippen LogP contribution < -0.4 is 4.90 Å². The van der Waals surface area contributed by atoms with Gasteiger partial charge in [-0.2, -0.15) is 0 Å². The first-order valence-electron chi connectivity index (χ1n) is 8.99. The Morgan fingerprint density at radius 2 is 1.73 bits per heavy atom. The van der Waals surface area contributed by atoms with Gasteiger partial charge in [-0.15, -0.1) is 0 Å². The fraction of sp³-hybridized carbons (Fsp3) is 0.684. The second-order valence-corrected chi connectivity index (χ2v) is 7.06. The molecule has 0 bridgehead atoms. The predicted octanol–water partition coefficient (Wildman–Crippen LogP) is 2.71. The molecule has 2 heterocycles. The van der Waals surface area contributed by atoms with Gasteiger partial charge in [-0.05, 0) is 49.9 Å². The number of piperidine rings is 1. The third-order valence-electron chi connectivity index (χ3n) is 5.41. The highest BCUT2D eigenvalue weighted by molar-refractivity contribution is 5.49. The molecule has 0 amide bonds. The summed E-state index contributed by atoms with van der Waals surface area (Å²) < 4.78 is 0. The maximum atomic E-state index is 2.68. The SMILES string of the molecule is CCc1cccc(N2CCC(CN3CCN(C)CC3)CC2)c1. The van der Waals surface area contributed by atoms with Crippen molar-refractivity contribution in [3.05, 3.63) is 29.8 Å². The molecule has 1 aromatic rings. The Balaban J connectivity index is 1.47. The monoisotopic (exact) mass is 301 g/mol. The van der Waals surface area contributed by atoms with E-state index < -0.39 is 0 Å². The van der Waals surface area contributed by atoms with E-state index in [4.69, 9.17) is 0 Å². The van der Waals surface area contributed by atoms with Gasteiger partial charge < -0.3 is 14.7 Å². The minimum atomic E-state index is 0.897. The molecule has 0 atom stereocenters. The lowest BCUT2D eigenvalue weighted by molar-refractivity contribution is 0.129. The van der Waals surface area contributed by atoms with Gasteiger partial charge in [0.25, 0.3) is 0 Å². The predicted molar refractivity (Wildman–Crippen MR) is 94.7 cm³/mol. The molecule has 0 N–H and O–H groups in total. The van der Waals surface area contributed by atoms with E-state index in [0.717, 1.165) is 12.3 Å². The first-order chi connectivity index (χ1) is 10.7. The van der Waals surface area contributed by atoms with Crippen molar-refractivity contribution < 1.29 is 0 Å². The number of hydrogen-bond donors (Lipinski definition) is 0. The molecule has 3 rings (SSSR count). The number of rotatable bonds is 4. The Kier molecular flexibility index (Phi) is 5.37. The van der Waals surface area contributed by atoms with E-state index in [-0.39, 0.29) is 0 Å². The van der Waals surface area contributed by atoms with Crippen LogP contribution in [0.2, 0.25) is 0 Å². The third-order valence-corrected chi connectivity index (χ3v) is 5.41.